The predicted octanol–water partition coefficient (Wildman–Crippen LogP) is 1.39. The molecule has 2 aliphatic heterocycles. The highest BCUT2D eigenvalue weighted by atomic mass is 16.2. The fraction of sp³-hybridized carbons (Fsp3) is 0.923. The average molecular weight is 222 g/mol. The maximum absolute atomic E-state index is 11.9. The van der Waals surface area contributed by atoms with Gasteiger partial charge in [-0.3, -0.25) is 9.69 Å². The molecule has 0 spiro atoms. The summed E-state index contributed by atoms with van der Waals surface area (Å²) in [7, 11) is 0. The third-order valence-electron chi connectivity index (χ3n) is 4.63. The van der Waals surface area contributed by atoms with Crippen molar-refractivity contribution in [3.05, 3.63) is 0 Å². The van der Waals surface area contributed by atoms with Crippen molar-refractivity contribution in [2.75, 3.05) is 13.1 Å². The van der Waals surface area contributed by atoms with Gasteiger partial charge in [0.05, 0.1) is 0 Å². The van der Waals surface area contributed by atoms with Crippen LogP contribution in [0.5, 0.6) is 0 Å². The van der Waals surface area contributed by atoms with Gasteiger partial charge >= 0.3 is 0 Å². The van der Waals surface area contributed by atoms with Gasteiger partial charge in [0.1, 0.15) is 0 Å². The molecule has 0 bridgehead atoms. The van der Waals surface area contributed by atoms with Crippen LogP contribution in [0.25, 0.3) is 0 Å². The summed E-state index contributed by atoms with van der Waals surface area (Å²) in [4.78, 5) is 14.5. The molecule has 0 aromatic heterocycles. The van der Waals surface area contributed by atoms with Crippen molar-refractivity contribution in [1.29, 1.82) is 0 Å². The van der Waals surface area contributed by atoms with Crippen LogP contribution < -0.4 is 5.32 Å². The van der Waals surface area contributed by atoms with E-state index in [0.29, 0.717) is 29.8 Å². The largest absolute Gasteiger partial charge is 0.351 e. The standard InChI is InChI=1S/C13H22N2O/c1-9-8-10(9)13(16)14-11-5-7-15-6-3-2-4-12(11)15/h9-12H,2-8H2,1H3,(H,14,16)/t9-,10+,11-,12-/m1/s1. The van der Waals surface area contributed by atoms with Crippen LogP contribution in [0.15, 0.2) is 0 Å². The number of carbonyl (C=O) groups excluding carboxylic acids is 1. The lowest BCUT2D eigenvalue weighted by molar-refractivity contribution is -0.123. The number of fused-ring (bicyclic) bond motifs is 1. The number of hydrogen-bond donors (Lipinski definition) is 1. The first kappa shape index (κ1) is 10.6. The van der Waals surface area contributed by atoms with Gasteiger partial charge in [0.25, 0.3) is 0 Å². The van der Waals surface area contributed by atoms with Crippen LogP contribution in [0.2, 0.25) is 0 Å². The monoisotopic (exact) mass is 222 g/mol. The molecule has 4 atom stereocenters. The Morgan fingerprint density at radius 1 is 1.25 bits per heavy atom. The van der Waals surface area contributed by atoms with Gasteiger partial charge in [0, 0.05) is 24.5 Å². The highest BCUT2D eigenvalue weighted by Gasteiger charge is 2.42. The molecule has 3 heteroatoms. The Labute approximate surface area is 97.6 Å². The summed E-state index contributed by atoms with van der Waals surface area (Å²) >= 11 is 0. The van der Waals surface area contributed by atoms with Crippen LogP contribution in [0.1, 0.15) is 39.0 Å². The maximum Gasteiger partial charge on any atom is 0.223 e. The minimum absolute atomic E-state index is 0.324. The van der Waals surface area contributed by atoms with E-state index >= 15 is 0 Å². The maximum atomic E-state index is 11.9. The Kier molecular flexibility index (Phi) is 2.66. The van der Waals surface area contributed by atoms with Crippen molar-refractivity contribution in [1.82, 2.24) is 10.2 Å². The summed E-state index contributed by atoms with van der Waals surface area (Å²) in [5, 5.41) is 3.29. The van der Waals surface area contributed by atoms with Gasteiger partial charge in [-0.2, -0.15) is 0 Å². The molecule has 0 radical (unpaired) electrons. The van der Waals surface area contributed by atoms with E-state index in [4.69, 9.17) is 0 Å². The molecule has 0 aromatic rings. The summed E-state index contributed by atoms with van der Waals surface area (Å²) in [6.07, 6.45) is 6.24. The highest BCUT2D eigenvalue weighted by Crippen LogP contribution is 2.38. The lowest BCUT2D eigenvalue weighted by Crippen LogP contribution is -2.47. The smallest absolute Gasteiger partial charge is 0.223 e. The quantitative estimate of drug-likeness (QED) is 0.765. The number of hydrogen-bond acceptors (Lipinski definition) is 2. The SMILES string of the molecule is C[C@@H]1C[C@@H]1C(=O)N[C@@H]1CCN2CCCC[C@H]12. The van der Waals surface area contributed by atoms with E-state index in [9.17, 15) is 4.79 Å². The summed E-state index contributed by atoms with van der Waals surface area (Å²) < 4.78 is 0. The van der Waals surface area contributed by atoms with Crippen LogP contribution in [-0.4, -0.2) is 36.0 Å². The summed E-state index contributed by atoms with van der Waals surface area (Å²) in [5.41, 5.74) is 0. The van der Waals surface area contributed by atoms with Gasteiger partial charge in [0.2, 0.25) is 5.91 Å². The summed E-state index contributed by atoms with van der Waals surface area (Å²) in [6, 6.07) is 1.09. The van der Waals surface area contributed by atoms with Crippen molar-refractivity contribution in [2.24, 2.45) is 11.8 Å². The molecule has 1 aliphatic carbocycles. The van der Waals surface area contributed by atoms with Crippen molar-refractivity contribution >= 4 is 5.91 Å². The van der Waals surface area contributed by atoms with Gasteiger partial charge in [-0.25, -0.2) is 0 Å². The van der Waals surface area contributed by atoms with Crippen molar-refractivity contribution < 1.29 is 4.79 Å². The van der Waals surface area contributed by atoms with Crippen LogP contribution >= 0.6 is 0 Å². The van der Waals surface area contributed by atoms with Crippen molar-refractivity contribution in [2.45, 2.75) is 51.1 Å². The first-order valence-corrected chi connectivity index (χ1v) is 6.80. The van der Waals surface area contributed by atoms with E-state index in [-0.39, 0.29) is 0 Å². The fourth-order valence-electron chi connectivity index (χ4n) is 3.39. The molecule has 2 saturated heterocycles. The fourth-order valence-corrected chi connectivity index (χ4v) is 3.39. The molecule has 2 heterocycles. The Morgan fingerprint density at radius 3 is 2.81 bits per heavy atom. The number of carbonyl (C=O) groups is 1. The normalized spacial score (nSPS) is 42.8. The third-order valence-corrected chi connectivity index (χ3v) is 4.63. The van der Waals surface area contributed by atoms with Gasteiger partial charge in [-0.05, 0) is 38.1 Å². The van der Waals surface area contributed by atoms with Crippen LogP contribution in [0, 0.1) is 11.8 Å². The van der Waals surface area contributed by atoms with Crippen LogP contribution in [-0.2, 0) is 4.79 Å². The van der Waals surface area contributed by atoms with Gasteiger partial charge in [0.15, 0.2) is 0 Å². The molecule has 0 aromatic carbocycles. The van der Waals surface area contributed by atoms with Crippen LogP contribution in [0.4, 0.5) is 0 Å². The van der Waals surface area contributed by atoms with Gasteiger partial charge in [-0.15, -0.1) is 0 Å². The third kappa shape index (κ3) is 1.86. The molecule has 1 N–H and O–H groups in total. The molecule has 16 heavy (non-hydrogen) atoms. The first-order valence-electron chi connectivity index (χ1n) is 6.80. The van der Waals surface area contributed by atoms with E-state index < -0.39 is 0 Å². The molecule has 3 rings (SSSR count). The zero-order valence-electron chi connectivity index (χ0n) is 10.1. The minimum atomic E-state index is 0.324. The molecule has 3 nitrogen and oxygen atoms in total. The second-order valence-electron chi connectivity index (χ2n) is 5.82. The van der Waals surface area contributed by atoms with E-state index in [1.165, 1.54) is 32.4 Å². The number of nitrogens with zero attached hydrogens (tertiary/aromatic N) is 1. The molecule has 3 aliphatic rings. The molecular formula is C13H22N2O. The molecule has 90 valence electrons. The number of nitrogens with one attached hydrogen (secondary N) is 1. The van der Waals surface area contributed by atoms with E-state index in [1.54, 1.807) is 0 Å². The topological polar surface area (TPSA) is 32.3 Å². The van der Waals surface area contributed by atoms with Gasteiger partial charge in [-0.1, -0.05) is 13.3 Å². The lowest BCUT2D eigenvalue weighted by Gasteiger charge is -2.32. The Hall–Kier alpha value is -0.570. The molecule has 3 fully saturated rings. The predicted molar refractivity (Wildman–Crippen MR) is 63.0 cm³/mol. The molecule has 1 amide bonds. The number of amides is 1. The second kappa shape index (κ2) is 4.02. The summed E-state index contributed by atoms with van der Waals surface area (Å²) in [5.74, 6) is 1.28. The highest BCUT2D eigenvalue weighted by molar-refractivity contribution is 5.81. The van der Waals surface area contributed by atoms with E-state index in [1.807, 2.05) is 0 Å². The minimum Gasteiger partial charge on any atom is -0.351 e. The Balaban J connectivity index is 1.56. The van der Waals surface area contributed by atoms with Crippen LogP contribution in [0.3, 0.4) is 0 Å². The molecule has 1 saturated carbocycles. The Bertz CT molecular complexity index is 292. The number of rotatable bonds is 2. The Morgan fingerprint density at radius 2 is 2.06 bits per heavy atom. The van der Waals surface area contributed by atoms with E-state index in [2.05, 4.69) is 17.1 Å². The van der Waals surface area contributed by atoms with Crippen molar-refractivity contribution in [3.63, 3.8) is 0 Å². The second-order valence-corrected chi connectivity index (χ2v) is 5.82. The average Bonchev–Trinajstić information content (AvgIpc) is 2.89. The lowest BCUT2D eigenvalue weighted by atomic mass is 9.99. The molecular weight excluding hydrogens is 200 g/mol. The first-order chi connectivity index (χ1) is 7.75. The summed E-state index contributed by atoms with van der Waals surface area (Å²) in [6.45, 7) is 4.61. The number of piperidine rings is 1. The zero-order chi connectivity index (χ0) is 11.1. The zero-order valence-corrected chi connectivity index (χ0v) is 10.1. The van der Waals surface area contributed by atoms with Gasteiger partial charge < -0.3 is 5.32 Å². The molecule has 0 unspecified atom stereocenters. The van der Waals surface area contributed by atoms with E-state index in [0.717, 1.165) is 12.8 Å². The van der Waals surface area contributed by atoms with Crippen molar-refractivity contribution in [3.8, 4) is 0 Å².